The number of allylic oxidation sites excluding steroid dienone is 1. The molecular weight excluding hydrogens is 212 g/mol. The van der Waals surface area contributed by atoms with Gasteiger partial charge in [0.1, 0.15) is 11.9 Å². The molecule has 0 aliphatic heterocycles. The van der Waals surface area contributed by atoms with Crippen molar-refractivity contribution < 1.29 is 27.7 Å². The van der Waals surface area contributed by atoms with Gasteiger partial charge in [0.2, 0.25) is 11.6 Å². The normalized spacial score (nSPS) is 13.4. The van der Waals surface area contributed by atoms with E-state index >= 15 is 0 Å². The number of rotatable bonds is 5. The molecule has 6 nitrogen and oxygen atoms in total. The molecule has 0 aromatic rings. The maximum Gasteiger partial charge on any atom is 0.267 e. The predicted molar refractivity (Wildman–Crippen MR) is 47.3 cm³/mol. The van der Waals surface area contributed by atoms with Crippen LogP contribution < -0.4 is 0 Å². The zero-order chi connectivity index (χ0) is 11.5. The second kappa shape index (κ2) is 4.45. The molecule has 1 atom stereocenters. The standard InChI is InChI=1S/C7H10O6S/c1-4(2)6(9)7(10)5(8)3-14(11,12)13/h5,8H,1,3H2,2H3,(H,11,12,13). The van der Waals surface area contributed by atoms with Crippen molar-refractivity contribution in [3.05, 3.63) is 12.2 Å². The second-order valence-corrected chi connectivity index (χ2v) is 4.24. The molecule has 0 saturated carbocycles. The Morgan fingerprint density at radius 1 is 1.43 bits per heavy atom. The predicted octanol–water partition coefficient (Wildman–Crippen LogP) is -1.05. The molecule has 80 valence electrons. The van der Waals surface area contributed by atoms with Crippen molar-refractivity contribution in [2.45, 2.75) is 13.0 Å². The molecular formula is C7H10O6S. The molecule has 0 amide bonds. The van der Waals surface area contributed by atoms with E-state index in [-0.39, 0.29) is 5.57 Å². The Morgan fingerprint density at radius 3 is 2.14 bits per heavy atom. The van der Waals surface area contributed by atoms with Gasteiger partial charge in [-0.05, 0) is 12.5 Å². The highest BCUT2D eigenvalue weighted by atomic mass is 32.2. The first-order valence-corrected chi connectivity index (χ1v) is 5.13. The number of hydrogen-bond donors (Lipinski definition) is 2. The van der Waals surface area contributed by atoms with Crippen LogP contribution in [0.4, 0.5) is 0 Å². The zero-order valence-corrected chi connectivity index (χ0v) is 8.24. The van der Waals surface area contributed by atoms with Crippen molar-refractivity contribution >= 4 is 21.7 Å². The Kier molecular flexibility index (Phi) is 4.11. The summed E-state index contributed by atoms with van der Waals surface area (Å²) in [5, 5.41) is 8.92. The second-order valence-electron chi connectivity index (χ2n) is 2.74. The van der Waals surface area contributed by atoms with Gasteiger partial charge >= 0.3 is 0 Å². The van der Waals surface area contributed by atoms with E-state index < -0.39 is 33.5 Å². The first-order chi connectivity index (χ1) is 6.15. The van der Waals surface area contributed by atoms with Crippen LogP contribution in [0.15, 0.2) is 12.2 Å². The van der Waals surface area contributed by atoms with Crippen molar-refractivity contribution in [2.24, 2.45) is 0 Å². The molecule has 0 spiro atoms. The molecule has 0 aromatic carbocycles. The molecule has 14 heavy (non-hydrogen) atoms. The SMILES string of the molecule is C=C(C)C(=O)C(=O)C(O)CS(=O)(=O)O. The van der Waals surface area contributed by atoms with Crippen LogP contribution in [-0.2, 0) is 19.7 Å². The van der Waals surface area contributed by atoms with Gasteiger partial charge in [0.05, 0.1) is 0 Å². The van der Waals surface area contributed by atoms with E-state index in [2.05, 4.69) is 6.58 Å². The van der Waals surface area contributed by atoms with Crippen LogP contribution in [-0.4, -0.2) is 41.5 Å². The van der Waals surface area contributed by atoms with Crippen LogP contribution in [0.25, 0.3) is 0 Å². The van der Waals surface area contributed by atoms with Crippen LogP contribution in [0, 0.1) is 0 Å². The summed E-state index contributed by atoms with van der Waals surface area (Å²) in [6.07, 6.45) is -2.05. The monoisotopic (exact) mass is 222 g/mol. The summed E-state index contributed by atoms with van der Waals surface area (Å²) < 4.78 is 28.8. The third kappa shape index (κ3) is 4.26. The van der Waals surface area contributed by atoms with E-state index in [1.807, 2.05) is 0 Å². The van der Waals surface area contributed by atoms with Gasteiger partial charge in [0.25, 0.3) is 10.1 Å². The molecule has 0 aliphatic carbocycles. The summed E-state index contributed by atoms with van der Waals surface area (Å²) in [5.41, 5.74) is -0.107. The number of carbonyl (C=O) groups is 2. The first-order valence-electron chi connectivity index (χ1n) is 3.52. The van der Waals surface area contributed by atoms with E-state index in [0.717, 1.165) is 0 Å². The summed E-state index contributed by atoms with van der Waals surface area (Å²) >= 11 is 0. The van der Waals surface area contributed by atoms with Gasteiger partial charge in [-0.3, -0.25) is 14.1 Å². The summed E-state index contributed by atoms with van der Waals surface area (Å²) in [5.74, 6) is -3.54. The average molecular weight is 222 g/mol. The molecule has 0 radical (unpaired) electrons. The number of Topliss-reactive ketones (excluding diaryl/α,β-unsaturated/α-hetero) is 2. The Hall–Kier alpha value is -1.05. The molecule has 0 saturated heterocycles. The molecule has 0 fully saturated rings. The smallest absolute Gasteiger partial charge is 0.267 e. The minimum Gasteiger partial charge on any atom is -0.384 e. The van der Waals surface area contributed by atoms with E-state index in [9.17, 15) is 18.0 Å². The van der Waals surface area contributed by atoms with Crippen molar-refractivity contribution in [3.8, 4) is 0 Å². The molecule has 0 aliphatic rings. The number of aliphatic hydroxyl groups excluding tert-OH is 1. The van der Waals surface area contributed by atoms with Crippen LogP contribution >= 0.6 is 0 Å². The Morgan fingerprint density at radius 2 is 1.86 bits per heavy atom. The zero-order valence-electron chi connectivity index (χ0n) is 7.43. The minimum absolute atomic E-state index is 0.107. The number of ketones is 2. The molecule has 1 unspecified atom stereocenters. The highest BCUT2D eigenvalue weighted by Gasteiger charge is 2.27. The fraction of sp³-hybridized carbons (Fsp3) is 0.429. The Labute approximate surface area is 81.0 Å². The van der Waals surface area contributed by atoms with Gasteiger partial charge in [-0.25, -0.2) is 0 Å². The van der Waals surface area contributed by atoms with Gasteiger partial charge in [-0.2, -0.15) is 8.42 Å². The van der Waals surface area contributed by atoms with Crippen LogP contribution in [0.2, 0.25) is 0 Å². The maximum absolute atomic E-state index is 10.9. The molecule has 2 N–H and O–H groups in total. The van der Waals surface area contributed by atoms with Gasteiger partial charge in [0.15, 0.2) is 0 Å². The molecule has 0 heterocycles. The molecule has 0 bridgehead atoms. The lowest BCUT2D eigenvalue weighted by Gasteiger charge is -2.05. The van der Waals surface area contributed by atoms with E-state index in [1.54, 1.807) is 0 Å². The summed E-state index contributed by atoms with van der Waals surface area (Å²) in [6, 6.07) is 0. The lowest BCUT2D eigenvalue weighted by Crippen LogP contribution is -2.34. The Balaban J connectivity index is 4.57. The lowest BCUT2D eigenvalue weighted by molar-refractivity contribution is -0.138. The highest BCUT2D eigenvalue weighted by molar-refractivity contribution is 7.85. The number of carbonyl (C=O) groups excluding carboxylic acids is 2. The van der Waals surface area contributed by atoms with Crippen LogP contribution in [0.1, 0.15) is 6.92 Å². The topological polar surface area (TPSA) is 109 Å². The highest BCUT2D eigenvalue weighted by Crippen LogP contribution is 1.99. The Bertz CT molecular complexity index is 366. The largest absolute Gasteiger partial charge is 0.384 e. The average Bonchev–Trinajstić information content (AvgIpc) is 1.98. The lowest BCUT2D eigenvalue weighted by atomic mass is 10.1. The van der Waals surface area contributed by atoms with Gasteiger partial charge < -0.3 is 5.11 Å². The van der Waals surface area contributed by atoms with E-state index in [0.29, 0.717) is 0 Å². The summed E-state index contributed by atoms with van der Waals surface area (Å²) in [6.45, 7) is 4.41. The first kappa shape index (κ1) is 12.9. The van der Waals surface area contributed by atoms with E-state index in [1.165, 1.54) is 6.92 Å². The molecule has 0 rings (SSSR count). The third-order valence-electron chi connectivity index (χ3n) is 1.28. The maximum atomic E-state index is 10.9. The fourth-order valence-corrected chi connectivity index (χ4v) is 1.19. The van der Waals surface area contributed by atoms with Gasteiger partial charge in [-0.1, -0.05) is 6.58 Å². The van der Waals surface area contributed by atoms with Gasteiger partial charge in [-0.15, -0.1) is 0 Å². The number of hydrogen-bond acceptors (Lipinski definition) is 5. The minimum atomic E-state index is -4.48. The fourth-order valence-electron chi connectivity index (χ4n) is 0.637. The van der Waals surface area contributed by atoms with Crippen molar-refractivity contribution in [3.63, 3.8) is 0 Å². The number of aliphatic hydroxyl groups is 1. The van der Waals surface area contributed by atoms with Crippen molar-refractivity contribution in [1.82, 2.24) is 0 Å². The van der Waals surface area contributed by atoms with Crippen molar-refractivity contribution in [2.75, 3.05) is 5.75 Å². The van der Waals surface area contributed by atoms with Gasteiger partial charge in [0, 0.05) is 0 Å². The summed E-state index contributed by atoms with van der Waals surface area (Å²) in [4.78, 5) is 21.8. The third-order valence-corrected chi connectivity index (χ3v) is 2.02. The van der Waals surface area contributed by atoms with E-state index in [4.69, 9.17) is 9.66 Å². The molecule has 7 heteroatoms. The summed E-state index contributed by atoms with van der Waals surface area (Å²) in [7, 11) is -4.48. The van der Waals surface area contributed by atoms with Crippen LogP contribution in [0.5, 0.6) is 0 Å². The quantitative estimate of drug-likeness (QED) is 0.349. The molecule has 0 aromatic heterocycles. The van der Waals surface area contributed by atoms with Crippen LogP contribution in [0.3, 0.4) is 0 Å². The van der Waals surface area contributed by atoms with Crippen molar-refractivity contribution in [1.29, 1.82) is 0 Å².